The summed E-state index contributed by atoms with van der Waals surface area (Å²) in [6.45, 7) is 6.23. The molecule has 2 atom stereocenters. The summed E-state index contributed by atoms with van der Waals surface area (Å²) in [6.07, 6.45) is -1.83. The lowest BCUT2D eigenvalue weighted by Gasteiger charge is -2.25. The maximum atomic E-state index is 11.8. The molecule has 0 spiro atoms. The van der Waals surface area contributed by atoms with Crippen LogP contribution in [0.25, 0.3) is 0 Å². The maximum Gasteiger partial charge on any atom is 0.408 e. The Kier molecular flexibility index (Phi) is 6.76. The molecule has 0 saturated heterocycles. The lowest BCUT2D eigenvalue weighted by molar-refractivity contribution is -0.142. The SMILES string of the molecule is CC(=O)OC[C@@H](NC(=O)OC(C)(C)C)[C@@H](O)c1nc(Br)cs1. The number of alkyl carbamates (subject to hydrolysis) is 1. The quantitative estimate of drug-likeness (QED) is 0.743. The number of carbonyl (C=O) groups excluding carboxylic acids is 2. The van der Waals surface area contributed by atoms with Crippen LogP contribution in [-0.4, -0.2) is 40.4 Å². The van der Waals surface area contributed by atoms with Gasteiger partial charge in [0, 0.05) is 12.3 Å². The van der Waals surface area contributed by atoms with Gasteiger partial charge in [0.25, 0.3) is 0 Å². The zero-order chi connectivity index (χ0) is 16.9. The molecule has 0 fully saturated rings. The van der Waals surface area contributed by atoms with E-state index in [4.69, 9.17) is 9.47 Å². The minimum atomic E-state index is -1.12. The molecular formula is C13H19BrN2O5S. The number of amides is 1. The van der Waals surface area contributed by atoms with Gasteiger partial charge in [-0.25, -0.2) is 9.78 Å². The lowest BCUT2D eigenvalue weighted by atomic mass is 10.2. The van der Waals surface area contributed by atoms with E-state index in [-0.39, 0.29) is 6.61 Å². The molecule has 9 heteroatoms. The van der Waals surface area contributed by atoms with Gasteiger partial charge in [-0.15, -0.1) is 11.3 Å². The van der Waals surface area contributed by atoms with Gasteiger partial charge in [-0.1, -0.05) is 0 Å². The summed E-state index contributed by atoms with van der Waals surface area (Å²) in [6, 6.07) is -0.864. The van der Waals surface area contributed by atoms with Crippen molar-refractivity contribution >= 4 is 39.3 Å². The third-order valence-corrected chi connectivity index (χ3v) is 3.92. The fourth-order valence-electron chi connectivity index (χ4n) is 1.45. The van der Waals surface area contributed by atoms with E-state index in [1.54, 1.807) is 26.2 Å². The fourth-order valence-corrected chi connectivity index (χ4v) is 2.77. The number of aliphatic hydroxyl groups is 1. The summed E-state index contributed by atoms with van der Waals surface area (Å²) in [5.74, 6) is -0.511. The van der Waals surface area contributed by atoms with Crippen LogP contribution in [0, 0.1) is 0 Å². The predicted octanol–water partition coefficient (Wildman–Crippen LogP) is 2.40. The Hall–Kier alpha value is -1.19. The first-order valence-corrected chi connectivity index (χ1v) is 8.17. The number of halogens is 1. The summed E-state index contributed by atoms with van der Waals surface area (Å²) in [5.41, 5.74) is -0.675. The Bertz CT molecular complexity index is 529. The van der Waals surface area contributed by atoms with Crippen LogP contribution >= 0.6 is 27.3 Å². The second-order valence-electron chi connectivity index (χ2n) is 5.51. The van der Waals surface area contributed by atoms with Gasteiger partial charge in [-0.05, 0) is 36.7 Å². The van der Waals surface area contributed by atoms with Crippen molar-refractivity contribution in [1.82, 2.24) is 10.3 Å². The molecule has 1 amide bonds. The average Bonchev–Trinajstić information content (AvgIpc) is 2.77. The van der Waals surface area contributed by atoms with Gasteiger partial charge in [0.2, 0.25) is 0 Å². The molecule has 0 unspecified atom stereocenters. The topological polar surface area (TPSA) is 97.8 Å². The highest BCUT2D eigenvalue weighted by Gasteiger charge is 2.28. The monoisotopic (exact) mass is 394 g/mol. The summed E-state index contributed by atoms with van der Waals surface area (Å²) in [4.78, 5) is 26.9. The van der Waals surface area contributed by atoms with E-state index in [1.165, 1.54) is 18.3 Å². The zero-order valence-electron chi connectivity index (χ0n) is 12.8. The molecule has 1 rings (SSSR count). The second kappa shape index (κ2) is 7.89. The first kappa shape index (κ1) is 18.9. The van der Waals surface area contributed by atoms with Gasteiger partial charge < -0.3 is 19.9 Å². The third-order valence-electron chi connectivity index (χ3n) is 2.30. The molecule has 22 heavy (non-hydrogen) atoms. The molecule has 0 bridgehead atoms. The molecular weight excluding hydrogens is 376 g/mol. The highest BCUT2D eigenvalue weighted by Crippen LogP contribution is 2.24. The maximum absolute atomic E-state index is 11.8. The standard InChI is InChI=1S/C13H19BrN2O5S/c1-7(17)20-5-8(15-12(19)21-13(2,3)4)10(18)11-16-9(14)6-22-11/h6,8,10,18H,5H2,1-4H3,(H,15,19)/t8-,10-/m1/s1. The molecule has 0 radical (unpaired) electrons. The van der Waals surface area contributed by atoms with E-state index in [9.17, 15) is 14.7 Å². The molecule has 0 aliphatic rings. The highest BCUT2D eigenvalue weighted by molar-refractivity contribution is 9.10. The minimum absolute atomic E-state index is 0.188. The fraction of sp³-hybridized carbons (Fsp3) is 0.615. The van der Waals surface area contributed by atoms with Gasteiger partial charge in [0.05, 0.1) is 6.04 Å². The molecule has 7 nitrogen and oxygen atoms in total. The highest BCUT2D eigenvalue weighted by atomic mass is 79.9. The van der Waals surface area contributed by atoms with Crippen molar-refractivity contribution in [3.63, 3.8) is 0 Å². The van der Waals surface area contributed by atoms with Gasteiger partial charge >= 0.3 is 12.1 Å². The van der Waals surface area contributed by atoms with Crippen LogP contribution in [0.5, 0.6) is 0 Å². The van der Waals surface area contributed by atoms with Crippen LogP contribution in [-0.2, 0) is 14.3 Å². The van der Waals surface area contributed by atoms with Crippen LogP contribution in [0.4, 0.5) is 4.79 Å². The van der Waals surface area contributed by atoms with Crippen molar-refractivity contribution < 1.29 is 24.2 Å². The van der Waals surface area contributed by atoms with E-state index in [2.05, 4.69) is 26.2 Å². The molecule has 0 aromatic carbocycles. The first-order valence-electron chi connectivity index (χ1n) is 6.50. The lowest BCUT2D eigenvalue weighted by Crippen LogP contribution is -2.45. The number of thiazole rings is 1. The van der Waals surface area contributed by atoms with Crippen molar-refractivity contribution in [2.75, 3.05) is 6.61 Å². The second-order valence-corrected chi connectivity index (χ2v) is 7.21. The number of rotatable bonds is 5. The molecule has 0 aliphatic carbocycles. The van der Waals surface area contributed by atoms with E-state index in [0.717, 1.165) is 0 Å². The minimum Gasteiger partial charge on any atom is -0.464 e. The Morgan fingerprint density at radius 3 is 2.59 bits per heavy atom. The molecule has 2 N–H and O–H groups in total. The number of aliphatic hydroxyl groups excluding tert-OH is 1. The van der Waals surface area contributed by atoms with E-state index >= 15 is 0 Å². The van der Waals surface area contributed by atoms with Gasteiger partial charge in [-0.2, -0.15) is 0 Å². The van der Waals surface area contributed by atoms with E-state index < -0.39 is 29.8 Å². The number of nitrogens with one attached hydrogen (secondary N) is 1. The number of hydrogen-bond donors (Lipinski definition) is 2. The number of aromatic nitrogens is 1. The first-order chi connectivity index (χ1) is 10.1. The molecule has 124 valence electrons. The number of hydrogen-bond acceptors (Lipinski definition) is 7. The van der Waals surface area contributed by atoms with E-state index in [0.29, 0.717) is 9.61 Å². The van der Waals surface area contributed by atoms with Crippen LogP contribution in [0.2, 0.25) is 0 Å². The summed E-state index contributed by atoms with van der Waals surface area (Å²) in [7, 11) is 0. The Morgan fingerprint density at radius 2 is 2.14 bits per heavy atom. The molecule has 0 saturated carbocycles. The smallest absolute Gasteiger partial charge is 0.408 e. The molecule has 0 aliphatic heterocycles. The number of nitrogens with zero attached hydrogens (tertiary/aromatic N) is 1. The zero-order valence-corrected chi connectivity index (χ0v) is 15.2. The van der Waals surface area contributed by atoms with Crippen LogP contribution < -0.4 is 5.32 Å². The molecule has 1 aromatic rings. The summed E-state index contributed by atoms with van der Waals surface area (Å²) < 4.78 is 10.6. The largest absolute Gasteiger partial charge is 0.464 e. The number of esters is 1. The number of ether oxygens (including phenoxy) is 2. The van der Waals surface area contributed by atoms with Gasteiger partial charge in [-0.3, -0.25) is 4.79 Å². The van der Waals surface area contributed by atoms with Crippen molar-refractivity contribution in [1.29, 1.82) is 0 Å². The van der Waals surface area contributed by atoms with Crippen molar-refractivity contribution in [2.45, 2.75) is 45.4 Å². The Morgan fingerprint density at radius 1 is 1.50 bits per heavy atom. The third kappa shape index (κ3) is 6.71. The van der Waals surface area contributed by atoms with Crippen molar-refractivity contribution in [3.8, 4) is 0 Å². The number of carbonyl (C=O) groups is 2. The Labute approximate surface area is 141 Å². The normalized spacial score (nSPS) is 14.1. The average molecular weight is 395 g/mol. The Balaban J connectivity index is 2.78. The summed E-state index contributed by atoms with van der Waals surface area (Å²) >= 11 is 4.41. The molecule has 1 aromatic heterocycles. The van der Waals surface area contributed by atoms with Gasteiger partial charge in [0.15, 0.2) is 0 Å². The summed E-state index contributed by atoms with van der Waals surface area (Å²) in [5, 5.41) is 14.9. The van der Waals surface area contributed by atoms with E-state index in [1.807, 2.05) is 0 Å². The van der Waals surface area contributed by atoms with Crippen LogP contribution in [0.3, 0.4) is 0 Å². The predicted molar refractivity (Wildman–Crippen MR) is 84.6 cm³/mol. The van der Waals surface area contributed by atoms with Crippen LogP contribution in [0.1, 0.15) is 38.8 Å². The molecule has 1 heterocycles. The van der Waals surface area contributed by atoms with Crippen molar-refractivity contribution in [3.05, 3.63) is 15.0 Å². The van der Waals surface area contributed by atoms with Gasteiger partial charge in [0.1, 0.15) is 27.9 Å². The van der Waals surface area contributed by atoms with Crippen molar-refractivity contribution in [2.24, 2.45) is 0 Å². The van der Waals surface area contributed by atoms with Crippen LogP contribution in [0.15, 0.2) is 9.98 Å².